The highest BCUT2D eigenvalue weighted by atomic mass is 16.5. The number of hydrogen-bond acceptors (Lipinski definition) is 3. The van der Waals surface area contributed by atoms with Gasteiger partial charge in [0.25, 0.3) is 0 Å². The van der Waals surface area contributed by atoms with Crippen LogP contribution in [0.1, 0.15) is 26.7 Å². The lowest BCUT2D eigenvalue weighted by Gasteiger charge is -2.34. The summed E-state index contributed by atoms with van der Waals surface area (Å²) in [5.74, 6) is 1.91. The maximum Gasteiger partial charge on any atom is 0.148 e. The van der Waals surface area contributed by atoms with E-state index < -0.39 is 5.60 Å². The van der Waals surface area contributed by atoms with Crippen LogP contribution in [0.3, 0.4) is 0 Å². The molecule has 1 aliphatic heterocycles. The predicted octanol–water partition coefficient (Wildman–Crippen LogP) is 0.881. The van der Waals surface area contributed by atoms with Crippen molar-refractivity contribution in [1.29, 1.82) is 0 Å². The Hall–Kier alpha value is -0.790. The molecule has 1 atom stereocenters. The lowest BCUT2D eigenvalue weighted by atomic mass is 9.93. The van der Waals surface area contributed by atoms with E-state index in [1.807, 2.05) is 19.8 Å². The summed E-state index contributed by atoms with van der Waals surface area (Å²) in [6.07, 6.45) is 1.94. The van der Waals surface area contributed by atoms with Crippen LogP contribution in [0.4, 0.5) is 0 Å². The zero-order chi connectivity index (χ0) is 9.03. The van der Waals surface area contributed by atoms with Crippen molar-refractivity contribution in [3.8, 4) is 0 Å². The van der Waals surface area contributed by atoms with E-state index >= 15 is 0 Å². The Morgan fingerprint density at radius 3 is 3.08 bits per heavy atom. The van der Waals surface area contributed by atoms with Crippen molar-refractivity contribution in [3.05, 3.63) is 5.70 Å². The van der Waals surface area contributed by atoms with Gasteiger partial charge < -0.3 is 10.1 Å². The molecule has 0 aromatic heterocycles. The Bertz CT molecular complexity index is 205. The Morgan fingerprint density at radius 1 is 1.75 bits per heavy atom. The van der Waals surface area contributed by atoms with Crippen LogP contribution < -0.4 is 5.32 Å². The Morgan fingerprint density at radius 2 is 2.50 bits per heavy atom. The van der Waals surface area contributed by atoms with Gasteiger partial charge in [0, 0.05) is 13.2 Å². The van der Waals surface area contributed by atoms with Gasteiger partial charge in [-0.1, -0.05) is 0 Å². The second kappa shape index (κ2) is 3.74. The molecule has 3 heteroatoms. The van der Waals surface area contributed by atoms with Gasteiger partial charge in [-0.25, -0.2) is 4.79 Å². The number of hydrogen-bond donors (Lipinski definition) is 1. The van der Waals surface area contributed by atoms with Crippen LogP contribution >= 0.6 is 0 Å². The van der Waals surface area contributed by atoms with E-state index in [0.717, 1.165) is 19.4 Å². The summed E-state index contributed by atoms with van der Waals surface area (Å²) in [6, 6.07) is 0. The van der Waals surface area contributed by atoms with Crippen LogP contribution in [0.25, 0.3) is 0 Å². The summed E-state index contributed by atoms with van der Waals surface area (Å²) in [5.41, 5.74) is 0.143. The SMILES string of the molecule is CCOC1(C)CCCNC1=C=O. The zero-order valence-corrected chi connectivity index (χ0v) is 7.64. The van der Waals surface area contributed by atoms with E-state index in [1.165, 1.54) is 0 Å². The Labute approximate surface area is 72.8 Å². The van der Waals surface area contributed by atoms with E-state index in [0.29, 0.717) is 12.3 Å². The fourth-order valence-corrected chi connectivity index (χ4v) is 1.56. The maximum atomic E-state index is 10.5. The molecular weight excluding hydrogens is 154 g/mol. The third-order valence-electron chi connectivity index (χ3n) is 2.23. The number of rotatable bonds is 2. The van der Waals surface area contributed by atoms with Gasteiger partial charge in [-0.05, 0) is 26.7 Å². The monoisotopic (exact) mass is 169 g/mol. The first-order valence-corrected chi connectivity index (χ1v) is 4.36. The summed E-state index contributed by atoms with van der Waals surface area (Å²) in [6.45, 7) is 5.35. The van der Waals surface area contributed by atoms with E-state index in [1.54, 1.807) is 0 Å². The minimum atomic E-state index is -0.422. The zero-order valence-electron chi connectivity index (χ0n) is 7.64. The maximum absolute atomic E-state index is 10.5. The molecule has 68 valence electrons. The van der Waals surface area contributed by atoms with Gasteiger partial charge in [0.1, 0.15) is 17.2 Å². The molecule has 0 aromatic rings. The molecular formula is C9H15NO2. The number of ether oxygens (including phenoxy) is 1. The molecule has 0 aromatic carbocycles. The first-order chi connectivity index (χ1) is 5.73. The highest BCUT2D eigenvalue weighted by Crippen LogP contribution is 2.26. The second-order valence-electron chi connectivity index (χ2n) is 3.17. The first kappa shape index (κ1) is 9.30. The molecule has 0 spiro atoms. The molecule has 0 bridgehead atoms. The molecule has 0 aliphatic carbocycles. The minimum absolute atomic E-state index is 0.422. The summed E-state index contributed by atoms with van der Waals surface area (Å²) in [7, 11) is 0. The highest BCUT2D eigenvalue weighted by Gasteiger charge is 2.33. The first-order valence-electron chi connectivity index (χ1n) is 4.36. The van der Waals surface area contributed by atoms with Gasteiger partial charge >= 0.3 is 0 Å². The molecule has 0 radical (unpaired) electrons. The van der Waals surface area contributed by atoms with Crippen molar-refractivity contribution in [2.45, 2.75) is 32.3 Å². The molecule has 1 N–H and O–H groups in total. The Kier molecular flexibility index (Phi) is 2.90. The van der Waals surface area contributed by atoms with Crippen LogP contribution in [-0.4, -0.2) is 24.7 Å². The molecule has 0 amide bonds. The van der Waals surface area contributed by atoms with Gasteiger partial charge in [0.05, 0.1) is 0 Å². The molecule has 3 nitrogen and oxygen atoms in total. The highest BCUT2D eigenvalue weighted by molar-refractivity contribution is 5.55. The van der Waals surface area contributed by atoms with Crippen molar-refractivity contribution in [1.82, 2.24) is 5.32 Å². The van der Waals surface area contributed by atoms with E-state index in [9.17, 15) is 4.79 Å². The largest absolute Gasteiger partial charge is 0.377 e. The second-order valence-corrected chi connectivity index (χ2v) is 3.17. The number of piperidine rings is 1. The predicted molar refractivity (Wildman–Crippen MR) is 46.5 cm³/mol. The third-order valence-corrected chi connectivity index (χ3v) is 2.23. The summed E-state index contributed by atoms with van der Waals surface area (Å²) in [5, 5.41) is 3.01. The van der Waals surface area contributed by atoms with Crippen molar-refractivity contribution in [3.63, 3.8) is 0 Å². The Balaban J connectivity index is 2.76. The van der Waals surface area contributed by atoms with E-state index in [2.05, 4.69) is 5.32 Å². The van der Waals surface area contributed by atoms with Crippen molar-refractivity contribution in [2.75, 3.05) is 13.2 Å². The molecule has 1 rings (SSSR count). The van der Waals surface area contributed by atoms with Crippen LogP contribution in [-0.2, 0) is 9.53 Å². The van der Waals surface area contributed by atoms with E-state index in [-0.39, 0.29) is 0 Å². The fourth-order valence-electron chi connectivity index (χ4n) is 1.56. The number of carbonyl (C=O) groups excluding carboxylic acids is 1. The molecule has 0 saturated carbocycles. The standard InChI is InChI=1S/C9H15NO2/c1-3-12-9(2)5-4-6-10-8(9)7-11/h10H,3-6H2,1-2H3. The van der Waals surface area contributed by atoms with Crippen molar-refractivity contribution < 1.29 is 9.53 Å². The van der Waals surface area contributed by atoms with Gasteiger partial charge in [-0.3, -0.25) is 0 Å². The molecule has 1 fully saturated rings. The van der Waals surface area contributed by atoms with Gasteiger partial charge in [-0.2, -0.15) is 0 Å². The fraction of sp³-hybridized carbons (Fsp3) is 0.778. The van der Waals surface area contributed by atoms with Crippen molar-refractivity contribution >= 4 is 5.94 Å². The van der Waals surface area contributed by atoms with Gasteiger partial charge in [0.2, 0.25) is 0 Å². The van der Waals surface area contributed by atoms with Crippen LogP contribution in [0.2, 0.25) is 0 Å². The topological polar surface area (TPSA) is 38.3 Å². The molecule has 12 heavy (non-hydrogen) atoms. The molecule has 1 unspecified atom stereocenters. The van der Waals surface area contributed by atoms with Gasteiger partial charge in [0.15, 0.2) is 0 Å². The van der Waals surface area contributed by atoms with E-state index in [4.69, 9.17) is 4.74 Å². The average Bonchev–Trinajstić information content (AvgIpc) is 2.05. The minimum Gasteiger partial charge on any atom is -0.377 e. The normalized spacial score (nSPS) is 29.3. The molecule has 1 aliphatic rings. The smallest absolute Gasteiger partial charge is 0.148 e. The number of nitrogens with one attached hydrogen (secondary N) is 1. The lowest BCUT2D eigenvalue weighted by molar-refractivity contribution is -0.0142. The summed E-state index contributed by atoms with van der Waals surface area (Å²) < 4.78 is 5.51. The summed E-state index contributed by atoms with van der Waals surface area (Å²) >= 11 is 0. The van der Waals surface area contributed by atoms with Crippen LogP contribution in [0, 0.1) is 0 Å². The third kappa shape index (κ3) is 1.68. The molecule has 1 heterocycles. The quantitative estimate of drug-likeness (QED) is 0.624. The molecule has 1 saturated heterocycles. The van der Waals surface area contributed by atoms with Crippen LogP contribution in [0.5, 0.6) is 0 Å². The van der Waals surface area contributed by atoms with Crippen molar-refractivity contribution in [2.24, 2.45) is 0 Å². The average molecular weight is 169 g/mol. The lowest BCUT2D eigenvalue weighted by Crippen LogP contribution is -2.43. The van der Waals surface area contributed by atoms with Gasteiger partial charge in [-0.15, -0.1) is 0 Å². The van der Waals surface area contributed by atoms with Crippen LogP contribution in [0.15, 0.2) is 5.70 Å². The summed E-state index contributed by atoms with van der Waals surface area (Å²) in [4.78, 5) is 10.5.